The highest BCUT2D eigenvalue weighted by atomic mass is 32.2. The molecule has 0 spiro atoms. The number of hydrogen-bond acceptors (Lipinski definition) is 4. The van der Waals surface area contributed by atoms with Crippen molar-refractivity contribution in [3.8, 4) is 0 Å². The first-order valence-corrected chi connectivity index (χ1v) is 9.31. The lowest BCUT2D eigenvalue weighted by molar-refractivity contribution is 0.0600. The Bertz CT molecular complexity index is 876. The van der Waals surface area contributed by atoms with Gasteiger partial charge in [-0.1, -0.05) is 18.2 Å². The van der Waals surface area contributed by atoms with E-state index in [1.54, 1.807) is 18.2 Å². The van der Waals surface area contributed by atoms with Gasteiger partial charge in [0.15, 0.2) is 0 Å². The van der Waals surface area contributed by atoms with Crippen LogP contribution in [0.15, 0.2) is 53.4 Å². The molecule has 1 aliphatic rings. The van der Waals surface area contributed by atoms with E-state index in [1.807, 2.05) is 0 Å². The molecular weight excluding hydrogens is 345 g/mol. The SMILES string of the molecule is COC(=O)c1ccc(S(=O)(=O)N(Cc2ccccc2F)C2CC2)cc1. The van der Waals surface area contributed by atoms with E-state index in [4.69, 9.17) is 0 Å². The van der Waals surface area contributed by atoms with Crippen LogP contribution in [-0.4, -0.2) is 31.8 Å². The molecule has 0 aromatic heterocycles. The molecule has 1 fully saturated rings. The summed E-state index contributed by atoms with van der Waals surface area (Å²) in [7, 11) is -2.53. The molecule has 1 saturated carbocycles. The maximum atomic E-state index is 13.9. The molecule has 2 aromatic rings. The fraction of sp³-hybridized carbons (Fsp3) is 0.278. The molecule has 0 heterocycles. The van der Waals surface area contributed by atoms with Crippen molar-refractivity contribution in [2.45, 2.75) is 30.3 Å². The minimum Gasteiger partial charge on any atom is -0.465 e. The van der Waals surface area contributed by atoms with E-state index in [9.17, 15) is 17.6 Å². The molecule has 0 atom stereocenters. The van der Waals surface area contributed by atoms with Gasteiger partial charge >= 0.3 is 5.97 Å². The summed E-state index contributed by atoms with van der Waals surface area (Å²) < 4.78 is 45.8. The van der Waals surface area contributed by atoms with Crippen molar-refractivity contribution < 1.29 is 22.3 Å². The van der Waals surface area contributed by atoms with E-state index in [0.717, 1.165) is 12.8 Å². The van der Waals surface area contributed by atoms with E-state index in [1.165, 1.54) is 41.7 Å². The Morgan fingerprint density at radius 2 is 1.80 bits per heavy atom. The third-order valence-electron chi connectivity index (χ3n) is 4.12. The van der Waals surface area contributed by atoms with Crippen LogP contribution >= 0.6 is 0 Å². The third-order valence-corrected chi connectivity index (χ3v) is 6.03. The third kappa shape index (κ3) is 3.72. The second kappa shape index (κ2) is 6.93. The van der Waals surface area contributed by atoms with Gasteiger partial charge in [0.25, 0.3) is 0 Å². The predicted octanol–water partition coefficient (Wildman–Crippen LogP) is 2.97. The maximum absolute atomic E-state index is 13.9. The molecule has 0 aliphatic heterocycles. The summed E-state index contributed by atoms with van der Waals surface area (Å²) in [6.07, 6.45) is 1.52. The molecule has 0 saturated heterocycles. The highest BCUT2D eigenvalue weighted by Crippen LogP contribution is 2.34. The van der Waals surface area contributed by atoms with Crippen molar-refractivity contribution in [1.82, 2.24) is 4.31 Å². The van der Waals surface area contributed by atoms with E-state index < -0.39 is 21.8 Å². The maximum Gasteiger partial charge on any atom is 0.337 e. The van der Waals surface area contributed by atoms with Crippen LogP contribution in [0.1, 0.15) is 28.8 Å². The topological polar surface area (TPSA) is 63.7 Å². The average Bonchev–Trinajstić information content (AvgIpc) is 3.45. The zero-order valence-corrected chi connectivity index (χ0v) is 14.5. The van der Waals surface area contributed by atoms with Gasteiger partial charge in [-0.2, -0.15) is 4.31 Å². The van der Waals surface area contributed by atoms with Crippen LogP contribution < -0.4 is 0 Å². The largest absolute Gasteiger partial charge is 0.465 e. The van der Waals surface area contributed by atoms with Crippen LogP contribution in [0.4, 0.5) is 4.39 Å². The van der Waals surface area contributed by atoms with E-state index in [0.29, 0.717) is 5.56 Å². The smallest absolute Gasteiger partial charge is 0.337 e. The highest BCUT2D eigenvalue weighted by molar-refractivity contribution is 7.89. The Morgan fingerprint density at radius 3 is 2.36 bits per heavy atom. The Morgan fingerprint density at radius 1 is 1.16 bits per heavy atom. The molecule has 0 amide bonds. The molecule has 2 aromatic carbocycles. The number of esters is 1. The van der Waals surface area contributed by atoms with Gasteiger partial charge < -0.3 is 4.74 Å². The number of ether oxygens (including phenoxy) is 1. The van der Waals surface area contributed by atoms with Gasteiger partial charge in [-0.25, -0.2) is 17.6 Å². The van der Waals surface area contributed by atoms with Crippen LogP contribution in [0.3, 0.4) is 0 Å². The number of nitrogens with zero attached hydrogens (tertiary/aromatic N) is 1. The lowest BCUT2D eigenvalue weighted by atomic mass is 10.2. The average molecular weight is 363 g/mol. The van der Waals surface area contributed by atoms with Crippen molar-refractivity contribution in [3.63, 3.8) is 0 Å². The van der Waals surface area contributed by atoms with Gasteiger partial charge in [0, 0.05) is 18.2 Å². The first-order valence-electron chi connectivity index (χ1n) is 7.87. The molecular formula is C18H18FNO4S. The zero-order chi connectivity index (χ0) is 18.0. The predicted molar refractivity (Wildman–Crippen MR) is 89.9 cm³/mol. The number of carbonyl (C=O) groups excluding carboxylic acids is 1. The zero-order valence-electron chi connectivity index (χ0n) is 13.7. The Kier molecular flexibility index (Phi) is 4.87. The molecule has 0 unspecified atom stereocenters. The number of benzene rings is 2. The summed E-state index contributed by atoms with van der Waals surface area (Å²) in [6.45, 7) is -0.0154. The van der Waals surface area contributed by atoms with Gasteiger partial charge in [-0.15, -0.1) is 0 Å². The summed E-state index contributed by atoms with van der Waals surface area (Å²) in [5, 5.41) is 0. The highest BCUT2D eigenvalue weighted by Gasteiger charge is 2.38. The number of sulfonamides is 1. The van der Waals surface area contributed by atoms with Crippen LogP contribution in [0, 0.1) is 5.82 Å². The lowest BCUT2D eigenvalue weighted by Gasteiger charge is -2.22. The minimum absolute atomic E-state index is 0.0154. The minimum atomic E-state index is -3.79. The first kappa shape index (κ1) is 17.6. The molecule has 0 radical (unpaired) electrons. The molecule has 7 heteroatoms. The number of rotatable bonds is 6. The Hall–Kier alpha value is -2.25. The van der Waals surface area contributed by atoms with Gasteiger partial charge in [0.05, 0.1) is 17.6 Å². The summed E-state index contributed by atoms with van der Waals surface area (Å²) in [6, 6.07) is 11.6. The van der Waals surface area contributed by atoms with Gasteiger partial charge in [-0.05, 0) is 43.2 Å². The van der Waals surface area contributed by atoms with E-state index in [-0.39, 0.29) is 23.0 Å². The Labute approximate surface area is 146 Å². The second-order valence-electron chi connectivity index (χ2n) is 5.89. The van der Waals surface area contributed by atoms with Gasteiger partial charge in [0.1, 0.15) is 5.82 Å². The van der Waals surface area contributed by atoms with Crippen molar-refractivity contribution in [3.05, 3.63) is 65.5 Å². The van der Waals surface area contributed by atoms with Gasteiger partial charge in [-0.3, -0.25) is 0 Å². The van der Waals surface area contributed by atoms with Crippen molar-refractivity contribution in [2.24, 2.45) is 0 Å². The summed E-state index contributed by atoms with van der Waals surface area (Å²) >= 11 is 0. The summed E-state index contributed by atoms with van der Waals surface area (Å²) in [5.41, 5.74) is 0.609. The van der Waals surface area contributed by atoms with Crippen LogP contribution in [0.25, 0.3) is 0 Å². The Balaban J connectivity index is 1.90. The fourth-order valence-corrected chi connectivity index (χ4v) is 4.25. The lowest BCUT2D eigenvalue weighted by Crippen LogP contribution is -2.33. The van der Waals surface area contributed by atoms with Crippen LogP contribution in [0.2, 0.25) is 0 Å². The molecule has 3 rings (SSSR count). The molecule has 132 valence electrons. The second-order valence-corrected chi connectivity index (χ2v) is 7.78. The van der Waals surface area contributed by atoms with Crippen molar-refractivity contribution >= 4 is 16.0 Å². The standard InChI is InChI=1S/C18H18FNO4S/c1-24-18(21)13-6-10-16(11-7-13)25(22,23)20(15-8-9-15)12-14-4-2-3-5-17(14)19/h2-7,10-11,15H,8-9,12H2,1H3. The molecule has 5 nitrogen and oxygen atoms in total. The van der Waals surface area contributed by atoms with Crippen molar-refractivity contribution in [1.29, 1.82) is 0 Å². The molecule has 0 bridgehead atoms. The number of halogens is 1. The number of carbonyl (C=O) groups is 1. The van der Waals surface area contributed by atoms with Crippen molar-refractivity contribution in [2.75, 3.05) is 7.11 Å². The van der Waals surface area contributed by atoms with E-state index >= 15 is 0 Å². The fourth-order valence-electron chi connectivity index (χ4n) is 2.58. The van der Waals surface area contributed by atoms with Crippen LogP contribution in [0.5, 0.6) is 0 Å². The first-order chi connectivity index (χ1) is 11.9. The molecule has 0 N–H and O–H groups in total. The normalized spacial score (nSPS) is 14.5. The summed E-state index contributed by atoms with van der Waals surface area (Å²) in [5.74, 6) is -0.959. The van der Waals surface area contributed by atoms with Crippen LogP contribution in [-0.2, 0) is 21.3 Å². The number of methoxy groups -OCH3 is 1. The molecule has 25 heavy (non-hydrogen) atoms. The quantitative estimate of drug-likeness (QED) is 0.740. The molecule has 1 aliphatic carbocycles. The van der Waals surface area contributed by atoms with Gasteiger partial charge in [0.2, 0.25) is 10.0 Å². The number of hydrogen-bond donors (Lipinski definition) is 0. The van der Waals surface area contributed by atoms with E-state index in [2.05, 4.69) is 4.74 Å². The monoisotopic (exact) mass is 363 g/mol. The summed E-state index contributed by atoms with van der Waals surface area (Å²) in [4.78, 5) is 11.6.